The number of ether oxygens (including phenoxy) is 2. The third-order valence-electron chi connectivity index (χ3n) is 4.50. The molecule has 0 fully saturated rings. The molecule has 0 saturated carbocycles. The van der Waals surface area contributed by atoms with Crippen molar-refractivity contribution < 1.29 is 19.1 Å². The molecule has 2 aromatic carbocycles. The summed E-state index contributed by atoms with van der Waals surface area (Å²) in [7, 11) is 0. The van der Waals surface area contributed by atoms with Crippen LogP contribution in [0.1, 0.15) is 70.9 Å². The summed E-state index contributed by atoms with van der Waals surface area (Å²) in [4.78, 5) is 24.5. The quantitative estimate of drug-likeness (QED) is 0.326. The fourth-order valence-electron chi connectivity index (χ4n) is 2.67. The first-order chi connectivity index (χ1) is 13.0. The van der Waals surface area contributed by atoms with E-state index in [1.807, 2.05) is 26.0 Å². The zero-order valence-electron chi connectivity index (χ0n) is 16.4. The van der Waals surface area contributed by atoms with Crippen molar-refractivity contribution in [3.05, 3.63) is 64.7 Å². The lowest BCUT2D eigenvalue weighted by Gasteiger charge is -2.08. The molecule has 0 bridgehead atoms. The highest BCUT2D eigenvalue weighted by atomic mass is 16.5. The van der Waals surface area contributed by atoms with Gasteiger partial charge in [-0.3, -0.25) is 0 Å². The minimum atomic E-state index is -0.493. The Morgan fingerprint density at radius 2 is 1.52 bits per heavy atom. The molecule has 4 nitrogen and oxygen atoms in total. The minimum absolute atomic E-state index is 0.325. The normalized spacial score (nSPS) is 10.5. The molecule has 0 aliphatic heterocycles. The summed E-state index contributed by atoms with van der Waals surface area (Å²) < 4.78 is 10.7. The fraction of sp³-hybridized carbons (Fsp3) is 0.391. The Bertz CT molecular complexity index is 780. The van der Waals surface area contributed by atoms with E-state index in [9.17, 15) is 9.59 Å². The van der Waals surface area contributed by atoms with Gasteiger partial charge >= 0.3 is 11.9 Å². The number of esters is 2. The monoisotopic (exact) mass is 368 g/mol. The Balaban J connectivity index is 1.92. The van der Waals surface area contributed by atoms with Crippen molar-refractivity contribution in [2.45, 2.75) is 52.9 Å². The van der Waals surface area contributed by atoms with Gasteiger partial charge in [0.25, 0.3) is 0 Å². The highest BCUT2D eigenvalue weighted by molar-refractivity contribution is 5.96. The average molecular weight is 368 g/mol. The predicted octanol–water partition coefficient (Wildman–Crippen LogP) is 5.65. The maximum absolute atomic E-state index is 12.4. The highest BCUT2D eigenvalue weighted by Gasteiger charge is 2.13. The van der Waals surface area contributed by atoms with Gasteiger partial charge in [-0.1, -0.05) is 44.7 Å². The zero-order chi connectivity index (χ0) is 19.6. The largest absolute Gasteiger partial charge is 0.462 e. The summed E-state index contributed by atoms with van der Waals surface area (Å²) in [5.41, 5.74) is 2.87. The van der Waals surface area contributed by atoms with E-state index >= 15 is 0 Å². The van der Waals surface area contributed by atoms with Gasteiger partial charge in [-0.15, -0.1) is 0 Å². The minimum Gasteiger partial charge on any atom is -0.462 e. The summed E-state index contributed by atoms with van der Waals surface area (Å²) in [6, 6.07) is 11.9. The molecule has 4 heteroatoms. The van der Waals surface area contributed by atoms with Crippen molar-refractivity contribution in [1.82, 2.24) is 0 Å². The van der Waals surface area contributed by atoms with Crippen molar-refractivity contribution in [3.8, 4) is 5.75 Å². The molecule has 144 valence electrons. The molecule has 0 spiro atoms. The van der Waals surface area contributed by atoms with Crippen molar-refractivity contribution in [2.24, 2.45) is 0 Å². The van der Waals surface area contributed by atoms with Gasteiger partial charge in [-0.05, 0) is 61.7 Å². The maximum atomic E-state index is 12.4. The van der Waals surface area contributed by atoms with E-state index in [4.69, 9.17) is 9.47 Å². The van der Waals surface area contributed by atoms with Crippen molar-refractivity contribution in [1.29, 1.82) is 0 Å². The van der Waals surface area contributed by atoms with E-state index in [0.29, 0.717) is 23.5 Å². The van der Waals surface area contributed by atoms with E-state index in [1.165, 1.54) is 18.9 Å². The first-order valence-electron chi connectivity index (χ1n) is 9.58. The summed E-state index contributed by atoms with van der Waals surface area (Å²) in [5.74, 6) is -0.415. The number of carbonyl (C=O) groups excluding carboxylic acids is 2. The fourth-order valence-corrected chi connectivity index (χ4v) is 2.67. The van der Waals surface area contributed by atoms with Crippen molar-refractivity contribution in [2.75, 3.05) is 6.61 Å². The Morgan fingerprint density at radius 3 is 2.22 bits per heavy atom. The van der Waals surface area contributed by atoms with Crippen LogP contribution in [-0.4, -0.2) is 18.5 Å². The molecule has 0 aliphatic rings. The van der Waals surface area contributed by atoms with Crippen molar-refractivity contribution >= 4 is 11.9 Å². The van der Waals surface area contributed by atoms with Crippen LogP contribution in [0.25, 0.3) is 0 Å². The van der Waals surface area contributed by atoms with E-state index in [0.717, 1.165) is 30.4 Å². The summed E-state index contributed by atoms with van der Waals surface area (Å²) in [5, 5.41) is 0. The third-order valence-corrected chi connectivity index (χ3v) is 4.50. The second-order valence-electron chi connectivity index (χ2n) is 6.77. The van der Waals surface area contributed by atoms with Crippen LogP contribution in [0.4, 0.5) is 0 Å². The van der Waals surface area contributed by atoms with Crippen LogP contribution < -0.4 is 4.74 Å². The van der Waals surface area contributed by atoms with E-state index < -0.39 is 11.9 Å². The molecule has 0 unspecified atom stereocenters. The van der Waals surface area contributed by atoms with Gasteiger partial charge in [0.2, 0.25) is 0 Å². The van der Waals surface area contributed by atoms with Gasteiger partial charge in [0.05, 0.1) is 17.7 Å². The second kappa shape index (κ2) is 10.5. The summed E-state index contributed by atoms with van der Waals surface area (Å²) in [6.07, 6.45) is 5.47. The standard InChI is InChI=1S/C23H28O4/c1-4-5-6-7-8-14-26-22(24)19-10-9-11-20(16-19)23(25)27-21-13-12-17(2)18(3)15-21/h9-13,15-16H,4-8,14H2,1-3H3. The van der Waals surface area contributed by atoms with E-state index in [1.54, 1.807) is 24.3 Å². The average Bonchev–Trinajstić information content (AvgIpc) is 2.67. The Kier molecular flexibility index (Phi) is 8.05. The lowest BCUT2D eigenvalue weighted by Crippen LogP contribution is -2.11. The maximum Gasteiger partial charge on any atom is 0.343 e. The van der Waals surface area contributed by atoms with Crippen molar-refractivity contribution in [3.63, 3.8) is 0 Å². The van der Waals surface area contributed by atoms with Crippen LogP contribution in [0.5, 0.6) is 5.75 Å². The van der Waals surface area contributed by atoms with Gasteiger partial charge in [0, 0.05) is 0 Å². The number of hydrogen-bond acceptors (Lipinski definition) is 4. The molecule has 27 heavy (non-hydrogen) atoms. The van der Waals surface area contributed by atoms with Gasteiger partial charge in [0.15, 0.2) is 0 Å². The summed E-state index contributed by atoms with van der Waals surface area (Å²) in [6.45, 7) is 6.53. The molecule has 2 rings (SSSR count). The number of benzene rings is 2. The molecule has 0 aromatic heterocycles. The predicted molar refractivity (Wildman–Crippen MR) is 106 cm³/mol. The lowest BCUT2D eigenvalue weighted by atomic mass is 10.1. The Labute approximate surface area is 161 Å². The van der Waals surface area contributed by atoms with Gasteiger partial charge in [0.1, 0.15) is 5.75 Å². The first-order valence-corrected chi connectivity index (χ1v) is 9.58. The molecule has 0 aliphatic carbocycles. The topological polar surface area (TPSA) is 52.6 Å². The number of rotatable bonds is 9. The van der Waals surface area contributed by atoms with Gasteiger partial charge in [-0.2, -0.15) is 0 Å². The first kappa shape index (κ1) is 20.7. The van der Waals surface area contributed by atoms with Gasteiger partial charge < -0.3 is 9.47 Å². The molecule has 0 radical (unpaired) electrons. The van der Waals surface area contributed by atoms with E-state index in [2.05, 4.69) is 6.92 Å². The molecule has 0 atom stereocenters. The number of unbranched alkanes of at least 4 members (excludes halogenated alkanes) is 4. The molecule has 0 N–H and O–H groups in total. The lowest BCUT2D eigenvalue weighted by molar-refractivity contribution is 0.0497. The summed E-state index contributed by atoms with van der Waals surface area (Å²) >= 11 is 0. The Morgan fingerprint density at radius 1 is 0.815 bits per heavy atom. The highest BCUT2D eigenvalue weighted by Crippen LogP contribution is 2.18. The number of hydrogen-bond donors (Lipinski definition) is 0. The van der Waals surface area contributed by atoms with E-state index in [-0.39, 0.29) is 0 Å². The van der Waals surface area contributed by atoms with Gasteiger partial charge in [-0.25, -0.2) is 9.59 Å². The molecule has 0 saturated heterocycles. The smallest absolute Gasteiger partial charge is 0.343 e. The molecule has 0 heterocycles. The molecule has 0 amide bonds. The van der Waals surface area contributed by atoms with Crippen LogP contribution in [0.3, 0.4) is 0 Å². The van der Waals surface area contributed by atoms with Crippen LogP contribution in [0.2, 0.25) is 0 Å². The molecular formula is C23H28O4. The van der Waals surface area contributed by atoms with Crippen LogP contribution in [0, 0.1) is 13.8 Å². The second-order valence-corrected chi connectivity index (χ2v) is 6.77. The molecular weight excluding hydrogens is 340 g/mol. The number of aryl methyl sites for hydroxylation is 2. The van der Waals surface area contributed by atoms with Crippen LogP contribution in [0.15, 0.2) is 42.5 Å². The Hall–Kier alpha value is -2.62. The van der Waals surface area contributed by atoms with Crippen LogP contribution >= 0.6 is 0 Å². The third kappa shape index (κ3) is 6.55. The number of carbonyl (C=O) groups is 2. The SMILES string of the molecule is CCCCCCCOC(=O)c1cccc(C(=O)Oc2ccc(C)c(C)c2)c1. The molecule has 2 aromatic rings. The van der Waals surface area contributed by atoms with Crippen LogP contribution in [-0.2, 0) is 4.74 Å². The zero-order valence-corrected chi connectivity index (χ0v) is 16.4.